The summed E-state index contributed by atoms with van der Waals surface area (Å²) in [5.74, 6) is -0.995. The van der Waals surface area contributed by atoms with Crippen LogP contribution in [-0.2, 0) is 4.79 Å². The lowest BCUT2D eigenvalue weighted by molar-refractivity contribution is -0.123. The van der Waals surface area contributed by atoms with Crippen molar-refractivity contribution < 1.29 is 18.7 Å². The fourth-order valence-electron chi connectivity index (χ4n) is 1.17. The van der Waals surface area contributed by atoms with Gasteiger partial charge >= 0.3 is 0 Å². The van der Waals surface area contributed by atoms with E-state index >= 15 is 0 Å². The number of carbonyl (C=O) groups excluding carboxylic acids is 2. The summed E-state index contributed by atoms with van der Waals surface area (Å²) in [7, 11) is 0. The van der Waals surface area contributed by atoms with Crippen molar-refractivity contribution in [3.8, 4) is 5.75 Å². The zero-order chi connectivity index (χ0) is 12.7. The molecular formula is C12H14FNO3. The third-order valence-corrected chi connectivity index (χ3v) is 2.02. The zero-order valence-electron chi connectivity index (χ0n) is 9.53. The molecule has 5 heteroatoms. The number of carbonyl (C=O) groups is 2. The van der Waals surface area contributed by atoms with Gasteiger partial charge in [-0.2, -0.15) is 0 Å². The highest BCUT2D eigenvalue weighted by Crippen LogP contribution is 2.17. The Kier molecular flexibility index (Phi) is 5.13. The average Bonchev–Trinajstić information content (AvgIpc) is 2.34. The summed E-state index contributed by atoms with van der Waals surface area (Å²) in [6.45, 7) is 2.26. The molecule has 0 aliphatic rings. The highest BCUT2D eigenvalue weighted by atomic mass is 19.1. The number of rotatable bonds is 6. The monoisotopic (exact) mass is 239 g/mol. The van der Waals surface area contributed by atoms with Gasteiger partial charge < -0.3 is 10.1 Å². The van der Waals surface area contributed by atoms with Gasteiger partial charge in [-0.25, -0.2) is 4.39 Å². The van der Waals surface area contributed by atoms with Crippen LogP contribution in [0.3, 0.4) is 0 Å². The minimum absolute atomic E-state index is 0.0396. The minimum Gasteiger partial charge on any atom is -0.481 e. The smallest absolute Gasteiger partial charge is 0.257 e. The van der Waals surface area contributed by atoms with Crippen molar-refractivity contribution in [1.29, 1.82) is 0 Å². The van der Waals surface area contributed by atoms with Crippen molar-refractivity contribution in [3.05, 3.63) is 29.6 Å². The van der Waals surface area contributed by atoms with Crippen LogP contribution < -0.4 is 10.1 Å². The van der Waals surface area contributed by atoms with Crippen LogP contribution in [0.2, 0.25) is 0 Å². The number of halogens is 1. The fourth-order valence-corrected chi connectivity index (χ4v) is 1.17. The molecule has 1 aromatic carbocycles. The third kappa shape index (κ3) is 4.22. The third-order valence-electron chi connectivity index (χ3n) is 2.02. The molecule has 4 nitrogen and oxygen atoms in total. The van der Waals surface area contributed by atoms with E-state index in [1.165, 1.54) is 12.1 Å². The molecule has 0 atom stereocenters. The molecule has 0 aliphatic carbocycles. The summed E-state index contributed by atoms with van der Waals surface area (Å²) in [6.07, 6.45) is 1.37. The van der Waals surface area contributed by atoms with Crippen molar-refractivity contribution >= 4 is 12.2 Å². The second-order valence-corrected chi connectivity index (χ2v) is 3.45. The second-order valence-electron chi connectivity index (χ2n) is 3.45. The molecular weight excluding hydrogens is 225 g/mol. The Bertz CT molecular complexity index is 407. The van der Waals surface area contributed by atoms with Crippen molar-refractivity contribution in [3.63, 3.8) is 0 Å². The molecule has 0 saturated heterocycles. The summed E-state index contributed by atoms with van der Waals surface area (Å²) in [5, 5.41) is 2.60. The highest BCUT2D eigenvalue weighted by Gasteiger charge is 2.07. The minimum atomic E-state index is -0.655. The molecule has 0 aliphatic heterocycles. The number of amides is 1. The zero-order valence-corrected chi connectivity index (χ0v) is 9.53. The van der Waals surface area contributed by atoms with Crippen LogP contribution in [0.25, 0.3) is 0 Å². The predicted octanol–water partition coefficient (Wildman–Crippen LogP) is 1.54. The first-order valence-electron chi connectivity index (χ1n) is 5.31. The lowest BCUT2D eigenvalue weighted by atomic mass is 10.2. The summed E-state index contributed by atoms with van der Waals surface area (Å²) in [6, 6.07) is 3.81. The number of nitrogens with one attached hydrogen (secondary N) is 1. The van der Waals surface area contributed by atoms with Crippen molar-refractivity contribution in [1.82, 2.24) is 5.32 Å². The number of hydrogen-bond donors (Lipinski definition) is 1. The van der Waals surface area contributed by atoms with E-state index in [1.54, 1.807) is 0 Å². The van der Waals surface area contributed by atoms with E-state index in [2.05, 4.69) is 5.32 Å². The van der Waals surface area contributed by atoms with E-state index in [0.29, 0.717) is 12.8 Å². The predicted molar refractivity (Wildman–Crippen MR) is 60.6 cm³/mol. The van der Waals surface area contributed by atoms with Crippen molar-refractivity contribution in [2.75, 3.05) is 13.2 Å². The fraction of sp³-hybridized carbons (Fsp3) is 0.333. The van der Waals surface area contributed by atoms with E-state index in [1.807, 2.05) is 6.92 Å². The van der Waals surface area contributed by atoms with Gasteiger partial charge in [-0.15, -0.1) is 0 Å². The van der Waals surface area contributed by atoms with Crippen LogP contribution in [0.15, 0.2) is 18.2 Å². The maximum absolute atomic E-state index is 13.3. The molecule has 1 aromatic rings. The maximum Gasteiger partial charge on any atom is 0.257 e. The van der Waals surface area contributed by atoms with Gasteiger partial charge in [0.05, 0.1) is 0 Å². The summed E-state index contributed by atoms with van der Waals surface area (Å²) < 4.78 is 18.3. The van der Waals surface area contributed by atoms with E-state index in [0.717, 1.165) is 12.5 Å². The molecule has 0 aromatic heterocycles. The molecule has 17 heavy (non-hydrogen) atoms. The molecule has 92 valence electrons. The standard InChI is InChI=1S/C12H14FNO3/c1-2-5-14-12(16)8-17-11-4-3-9(7-15)6-10(11)13/h3-4,6-7H,2,5,8H2,1H3,(H,14,16). The van der Waals surface area contributed by atoms with Gasteiger partial charge in [0.2, 0.25) is 0 Å². The molecule has 0 fully saturated rings. The first kappa shape index (κ1) is 13.2. The van der Waals surface area contributed by atoms with Crippen LogP contribution >= 0.6 is 0 Å². The van der Waals surface area contributed by atoms with Gasteiger partial charge in [0.25, 0.3) is 5.91 Å². The molecule has 0 unspecified atom stereocenters. The Morgan fingerprint density at radius 3 is 2.88 bits per heavy atom. The highest BCUT2D eigenvalue weighted by molar-refractivity contribution is 5.77. The molecule has 1 rings (SSSR count). The molecule has 0 bridgehead atoms. The summed E-state index contributed by atoms with van der Waals surface area (Å²) in [4.78, 5) is 21.6. The topological polar surface area (TPSA) is 55.4 Å². The molecule has 0 heterocycles. The Hall–Kier alpha value is -1.91. The first-order chi connectivity index (χ1) is 8.17. The van der Waals surface area contributed by atoms with Gasteiger partial charge in [-0.3, -0.25) is 9.59 Å². The molecule has 0 radical (unpaired) electrons. The van der Waals surface area contributed by atoms with E-state index in [9.17, 15) is 14.0 Å². The van der Waals surface area contributed by atoms with Gasteiger partial charge in [-0.05, 0) is 24.6 Å². The molecule has 1 amide bonds. The molecule has 0 spiro atoms. The largest absolute Gasteiger partial charge is 0.481 e. The van der Waals surface area contributed by atoms with Crippen molar-refractivity contribution in [2.45, 2.75) is 13.3 Å². The lowest BCUT2D eigenvalue weighted by Gasteiger charge is -2.07. The normalized spacial score (nSPS) is 9.76. The Balaban J connectivity index is 2.51. The Morgan fingerprint density at radius 2 is 2.29 bits per heavy atom. The first-order valence-corrected chi connectivity index (χ1v) is 5.31. The lowest BCUT2D eigenvalue weighted by Crippen LogP contribution is -2.29. The quantitative estimate of drug-likeness (QED) is 0.766. The summed E-state index contributed by atoms with van der Waals surface area (Å²) >= 11 is 0. The Labute approximate surface area is 98.8 Å². The van der Waals surface area contributed by atoms with Crippen LogP contribution in [0.1, 0.15) is 23.7 Å². The van der Waals surface area contributed by atoms with Gasteiger partial charge in [-0.1, -0.05) is 6.92 Å². The second kappa shape index (κ2) is 6.62. The van der Waals surface area contributed by atoms with Gasteiger partial charge in [0.15, 0.2) is 18.2 Å². The molecule has 0 saturated carbocycles. The summed E-state index contributed by atoms with van der Waals surface area (Å²) in [5.41, 5.74) is 0.227. The van der Waals surface area contributed by atoms with Crippen molar-refractivity contribution in [2.24, 2.45) is 0 Å². The van der Waals surface area contributed by atoms with Crippen LogP contribution in [-0.4, -0.2) is 25.3 Å². The van der Waals surface area contributed by atoms with E-state index < -0.39 is 5.82 Å². The number of aldehydes is 1. The van der Waals surface area contributed by atoms with Crippen LogP contribution in [0, 0.1) is 5.82 Å². The van der Waals surface area contributed by atoms with Crippen LogP contribution in [0.4, 0.5) is 4.39 Å². The van der Waals surface area contributed by atoms with Crippen LogP contribution in [0.5, 0.6) is 5.75 Å². The number of ether oxygens (including phenoxy) is 1. The van der Waals surface area contributed by atoms with E-state index in [4.69, 9.17) is 4.74 Å². The molecule has 1 N–H and O–H groups in total. The maximum atomic E-state index is 13.3. The SMILES string of the molecule is CCCNC(=O)COc1ccc(C=O)cc1F. The van der Waals surface area contributed by atoms with Gasteiger partial charge in [0.1, 0.15) is 6.29 Å². The Morgan fingerprint density at radius 1 is 1.53 bits per heavy atom. The average molecular weight is 239 g/mol. The van der Waals surface area contributed by atoms with Gasteiger partial charge in [0, 0.05) is 12.1 Å². The number of hydrogen-bond acceptors (Lipinski definition) is 3. The number of benzene rings is 1. The van der Waals surface area contributed by atoms with E-state index in [-0.39, 0.29) is 23.8 Å².